The zero-order valence-electron chi connectivity index (χ0n) is 15.4. The van der Waals surface area contributed by atoms with Crippen LogP contribution in [0.5, 0.6) is 5.75 Å². The van der Waals surface area contributed by atoms with Gasteiger partial charge in [0.25, 0.3) is 5.91 Å². The number of hydrogen-bond acceptors (Lipinski definition) is 4. The highest BCUT2D eigenvalue weighted by Gasteiger charge is 2.33. The molecular weight excluding hydrogens is 399 g/mol. The lowest BCUT2D eigenvalue weighted by molar-refractivity contribution is 0.0638. The van der Waals surface area contributed by atoms with Crippen LogP contribution in [-0.2, 0) is 6.54 Å². The Hall–Kier alpha value is -2.57. The van der Waals surface area contributed by atoms with Crippen molar-refractivity contribution < 1.29 is 9.53 Å². The summed E-state index contributed by atoms with van der Waals surface area (Å²) in [4.78, 5) is 14.9. The average molecular weight is 417 g/mol. The number of methoxy groups -OCH3 is 1. The van der Waals surface area contributed by atoms with Gasteiger partial charge in [0.15, 0.2) is 11.6 Å². The maximum Gasteiger partial charge on any atom is 0.256 e. The van der Waals surface area contributed by atoms with Gasteiger partial charge in [0.05, 0.1) is 23.7 Å². The zero-order valence-corrected chi connectivity index (χ0v) is 16.9. The first-order chi connectivity index (χ1) is 13.5. The molecule has 8 heteroatoms. The second kappa shape index (κ2) is 7.45. The lowest BCUT2D eigenvalue weighted by Crippen LogP contribution is -2.41. The number of ether oxygens (including phenoxy) is 1. The van der Waals surface area contributed by atoms with Crippen molar-refractivity contribution in [3.8, 4) is 17.1 Å². The number of nitrogens with zero attached hydrogens (tertiary/aromatic N) is 4. The van der Waals surface area contributed by atoms with E-state index < -0.39 is 0 Å². The van der Waals surface area contributed by atoms with Crippen LogP contribution < -0.4 is 4.74 Å². The molecule has 2 aromatic carbocycles. The van der Waals surface area contributed by atoms with Gasteiger partial charge in [0.1, 0.15) is 5.75 Å². The Morgan fingerprint density at radius 3 is 2.68 bits per heavy atom. The number of hydrogen-bond donors (Lipinski definition) is 0. The molecule has 1 aromatic heterocycles. The topological polar surface area (TPSA) is 60.2 Å². The third kappa shape index (κ3) is 3.12. The molecule has 28 heavy (non-hydrogen) atoms. The van der Waals surface area contributed by atoms with Gasteiger partial charge >= 0.3 is 0 Å². The van der Waals surface area contributed by atoms with Gasteiger partial charge in [-0.1, -0.05) is 41.4 Å². The van der Waals surface area contributed by atoms with Gasteiger partial charge in [-0.2, -0.15) is 0 Å². The first-order valence-corrected chi connectivity index (χ1v) is 9.59. The van der Waals surface area contributed by atoms with Crippen molar-refractivity contribution in [2.45, 2.75) is 19.5 Å². The number of amides is 1. The van der Waals surface area contributed by atoms with Crippen molar-refractivity contribution in [1.29, 1.82) is 0 Å². The number of rotatable bonds is 3. The maximum atomic E-state index is 13.1. The van der Waals surface area contributed by atoms with Crippen molar-refractivity contribution >= 4 is 29.1 Å². The van der Waals surface area contributed by atoms with Gasteiger partial charge in [-0.3, -0.25) is 4.79 Å². The van der Waals surface area contributed by atoms with E-state index in [1.165, 1.54) is 7.11 Å². The molecule has 3 aromatic rings. The van der Waals surface area contributed by atoms with Crippen molar-refractivity contribution in [3.63, 3.8) is 0 Å². The van der Waals surface area contributed by atoms with E-state index in [4.69, 9.17) is 27.9 Å². The summed E-state index contributed by atoms with van der Waals surface area (Å²) in [7, 11) is 1.53. The van der Waals surface area contributed by atoms with Gasteiger partial charge in [-0.05, 0) is 31.2 Å². The third-order valence-corrected chi connectivity index (χ3v) is 5.57. The van der Waals surface area contributed by atoms with Crippen LogP contribution in [0.3, 0.4) is 0 Å². The van der Waals surface area contributed by atoms with E-state index in [2.05, 4.69) is 10.2 Å². The summed E-state index contributed by atoms with van der Waals surface area (Å²) in [5, 5.41) is 9.64. The molecule has 0 saturated carbocycles. The Labute approximate surface area is 172 Å². The van der Waals surface area contributed by atoms with Crippen LogP contribution in [0, 0.1) is 0 Å². The van der Waals surface area contributed by atoms with E-state index in [1.807, 2.05) is 35.8 Å². The Balaban J connectivity index is 1.66. The molecule has 144 valence electrons. The largest absolute Gasteiger partial charge is 0.495 e. The van der Waals surface area contributed by atoms with Crippen LogP contribution in [0.4, 0.5) is 0 Å². The molecule has 0 bridgehead atoms. The van der Waals surface area contributed by atoms with E-state index in [0.29, 0.717) is 34.4 Å². The van der Waals surface area contributed by atoms with Crippen LogP contribution >= 0.6 is 23.2 Å². The zero-order chi connectivity index (χ0) is 19.8. The van der Waals surface area contributed by atoms with Crippen molar-refractivity contribution in [2.24, 2.45) is 0 Å². The predicted octanol–water partition coefficient (Wildman–Crippen LogP) is 4.48. The van der Waals surface area contributed by atoms with E-state index >= 15 is 0 Å². The molecule has 1 atom stereocenters. The lowest BCUT2D eigenvalue weighted by Gasteiger charge is -2.34. The molecule has 0 aliphatic carbocycles. The third-order valence-electron chi connectivity index (χ3n) is 4.94. The monoisotopic (exact) mass is 416 g/mol. The first-order valence-electron chi connectivity index (χ1n) is 8.83. The van der Waals surface area contributed by atoms with Gasteiger partial charge in [-0.15, -0.1) is 10.2 Å². The van der Waals surface area contributed by atoms with Crippen molar-refractivity contribution in [3.05, 3.63) is 63.9 Å². The fourth-order valence-corrected chi connectivity index (χ4v) is 3.97. The molecule has 1 aliphatic rings. The summed E-state index contributed by atoms with van der Waals surface area (Å²) in [6.45, 7) is 3.04. The van der Waals surface area contributed by atoms with E-state index in [-0.39, 0.29) is 11.9 Å². The summed E-state index contributed by atoms with van der Waals surface area (Å²) in [5.41, 5.74) is 1.31. The number of carbonyl (C=O) groups excluding carboxylic acids is 1. The van der Waals surface area contributed by atoms with Gasteiger partial charge in [-0.25, -0.2) is 0 Å². The number of halogens is 2. The molecule has 0 fully saturated rings. The van der Waals surface area contributed by atoms with Crippen molar-refractivity contribution in [1.82, 2.24) is 19.7 Å². The smallest absolute Gasteiger partial charge is 0.256 e. The van der Waals surface area contributed by atoms with Crippen LogP contribution in [0.1, 0.15) is 29.1 Å². The van der Waals surface area contributed by atoms with Crippen molar-refractivity contribution in [2.75, 3.05) is 13.7 Å². The highest BCUT2D eigenvalue weighted by molar-refractivity contribution is 6.35. The van der Waals surface area contributed by atoms with Crippen LogP contribution in [-0.4, -0.2) is 39.2 Å². The van der Waals surface area contributed by atoms with Crippen LogP contribution in [0.2, 0.25) is 10.0 Å². The minimum absolute atomic E-state index is 0.157. The molecule has 0 saturated heterocycles. The first kappa shape index (κ1) is 18.8. The molecule has 6 nitrogen and oxygen atoms in total. The van der Waals surface area contributed by atoms with Crippen LogP contribution in [0.25, 0.3) is 11.4 Å². The highest BCUT2D eigenvalue weighted by Crippen LogP contribution is 2.33. The maximum absolute atomic E-state index is 13.1. The minimum Gasteiger partial charge on any atom is -0.495 e. The van der Waals surface area contributed by atoms with E-state index in [9.17, 15) is 4.79 Å². The fourth-order valence-electron chi connectivity index (χ4n) is 3.49. The minimum atomic E-state index is -0.246. The predicted molar refractivity (Wildman–Crippen MR) is 108 cm³/mol. The lowest BCUT2D eigenvalue weighted by atomic mass is 10.1. The van der Waals surface area contributed by atoms with Crippen LogP contribution in [0.15, 0.2) is 42.5 Å². The molecule has 0 unspecified atom stereocenters. The number of benzene rings is 2. The molecule has 1 amide bonds. The van der Waals surface area contributed by atoms with E-state index in [1.54, 1.807) is 23.1 Å². The Bertz CT molecular complexity index is 1050. The molecule has 2 heterocycles. The summed E-state index contributed by atoms with van der Waals surface area (Å²) in [5.74, 6) is 1.79. The molecule has 0 N–H and O–H groups in total. The summed E-state index contributed by atoms with van der Waals surface area (Å²) in [6.07, 6.45) is 0. The molecule has 1 aliphatic heterocycles. The van der Waals surface area contributed by atoms with Gasteiger partial charge in [0.2, 0.25) is 0 Å². The molecule has 0 radical (unpaired) electrons. The van der Waals surface area contributed by atoms with Gasteiger partial charge < -0.3 is 14.2 Å². The second-order valence-corrected chi connectivity index (χ2v) is 7.35. The summed E-state index contributed by atoms with van der Waals surface area (Å²) >= 11 is 12.5. The highest BCUT2D eigenvalue weighted by atomic mass is 35.5. The number of aromatic nitrogens is 3. The molecule has 4 rings (SSSR count). The standard InChI is InChI=1S/C20H18Cl2N4O2/c1-12-18-23-24-19(13-5-3-6-14(21)11-13)26(18)10-9-25(12)20(27)15-7-4-8-16(28-2)17(15)22/h3-8,11-12H,9-10H2,1-2H3/t12-/m0/s1. The fraction of sp³-hybridized carbons (Fsp3) is 0.250. The summed E-state index contributed by atoms with van der Waals surface area (Å²) < 4.78 is 7.26. The summed E-state index contributed by atoms with van der Waals surface area (Å²) in [6, 6.07) is 12.4. The average Bonchev–Trinajstić information content (AvgIpc) is 3.13. The SMILES string of the molecule is COc1cccc(C(=O)N2CCn3c(-c4cccc(Cl)c4)nnc3[C@@H]2C)c1Cl. The van der Waals surface area contributed by atoms with E-state index in [0.717, 1.165) is 17.2 Å². The normalized spacial score (nSPS) is 16.0. The second-order valence-electron chi connectivity index (χ2n) is 6.54. The number of carbonyl (C=O) groups is 1. The Morgan fingerprint density at radius 1 is 1.14 bits per heavy atom. The Morgan fingerprint density at radius 2 is 1.93 bits per heavy atom. The quantitative estimate of drug-likeness (QED) is 0.631. The van der Waals surface area contributed by atoms with Gasteiger partial charge in [0, 0.05) is 23.7 Å². The Kier molecular flexibility index (Phi) is 5.00. The molecule has 0 spiro atoms. The molecular formula is C20H18Cl2N4O2. The number of fused-ring (bicyclic) bond motifs is 1.